The van der Waals surface area contributed by atoms with Crippen LogP contribution in [-0.2, 0) is 9.53 Å². The average Bonchev–Trinajstić information content (AvgIpc) is 2.98. The highest BCUT2D eigenvalue weighted by Gasteiger charge is 2.68. The van der Waals surface area contributed by atoms with Gasteiger partial charge in [0.05, 0.1) is 12.7 Å². The van der Waals surface area contributed by atoms with Crippen LogP contribution in [0.4, 0.5) is 5.69 Å². The fourth-order valence-electron chi connectivity index (χ4n) is 11.7. The summed E-state index contributed by atoms with van der Waals surface area (Å²) in [5.41, 5.74) is 2.87. The van der Waals surface area contributed by atoms with E-state index in [2.05, 4.69) is 59.7 Å². The van der Waals surface area contributed by atoms with Crippen LogP contribution in [0.15, 0.2) is 41.1 Å². The molecule has 45 heavy (non-hydrogen) atoms. The molecule has 1 aromatic carbocycles. The van der Waals surface area contributed by atoms with E-state index in [9.17, 15) is 19.9 Å². The minimum absolute atomic E-state index is 0.0497. The van der Waals surface area contributed by atoms with Gasteiger partial charge in [-0.15, -0.1) is 4.91 Å². The number of aliphatic hydroxyl groups excluding tert-OH is 1. The summed E-state index contributed by atoms with van der Waals surface area (Å²) in [6.45, 7) is 17.6. The summed E-state index contributed by atoms with van der Waals surface area (Å²) in [7, 11) is 0. The smallest absolute Gasteiger partial charge is 0.330 e. The molecule has 246 valence electrons. The lowest BCUT2D eigenvalue weighted by Gasteiger charge is -2.71. The Kier molecular flexibility index (Phi) is 7.78. The Morgan fingerprint density at radius 1 is 0.978 bits per heavy atom. The third kappa shape index (κ3) is 4.95. The van der Waals surface area contributed by atoms with Gasteiger partial charge in [0.15, 0.2) is 0 Å². The number of aliphatic hydroxyl groups is 1. The molecule has 4 saturated carbocycles. The summed E-state index contributed by atoms with van der Waals surface area (Å²) in [6, 6.07) is 4.50. The van der Waals surface area contributed by atoms with Crippen LogP contribution in [-0.4, -0.2) is 28.9 Å². The standard InChI is InChI=1S/C39H55NO5/c1-34(2)18-20-39(24-45-33(43)13-9-25-8-11-29(41)28(22-25)40-44)21-19-37(6)26(27(39)23-34)10-12-31-36(5)16-15-32(42)35(3,4)30(36)14-17-38(31,37)7/h8-11,13,22,27,30-32,41-42H,12,14-21,23-24H2,1-7H3. The first-order chi connectivity index (χ1) is 21.0. The highest BCUT2D eigenvalue weighted by atomic mass is 16.5. The molecule has 6 heteroatoms. The van der Waals surface area contributed by atoms with Crippen molar-refractivity contribution in [3.8, 4) is 5.75 Å². The van der Waals surface area contributed by atoms with Gasteiger partial charge in [-0.25, -0.2) is 4.79 Å². The zero-order valence-electron chi connectivity index (χ0n) is 28.6. The Balaban J connectivity index is 1.27. The van der Waals surface area contributed by atoms with Gasteiger partial charge in [-0.2, -0.15) is 0 Å². The molecule has 5 aliphatic rings. The number of phenolic OH excluding ortho intramolecular Hbond substituents is 1. The van der Waals surface area contributed by atoms with Crippen LogP contribution in [0.1, 0.15) is 118 Å². The SMILES string of the molecule is CC1(C)CCC2(COC(=O)C=Cc3ccc(O)c(N=O)c3)CCC3(C)C(=CCC4C5(C)CCC(O)C(C)(C)C5CCC43C)C2C1. The van der Waals surface area contributed by atoms with E-state index in [1.165, 1.54) is 31.1 Å². The number of nitroso groups, excluding NO2 is 1. The van der Waals surface area contributed by atoms with Gasteiger partial charge < -0.3 is 14.9 Å². The van der Waals surface area contributed by atoms with Gasteiger partial charge >= 0.3 is 5.97 Å². The highest BCUT2D eigenvalue weighted by molar-refractivity contribution is 5.87. The Labute approximate surface area is 270 Å². The van der Waals surface area contributed by atoms with Crippen molar-refractivity contribution in [3.05, 3.63) is 46.4 Å². The molecule has 4 fully saturated rings. The number of rotatable bonds is 5. The van der Waals surface area contributed by atoms with Crippen molar-refractivity contribution >= 4 is 17.7 Å². The molecular formula is C39H55NO5. The molecule has 0 aromatic heterocycles. The lowest BCUT2D eigenvalue weighted by atomic mass is 9.33. The number of carbonyl (C=O) groups excluding carboxylic acids is 1. The second-order valence-corrected chi connectivity index (χ2v) is 17.7. The van der Waals surface area contributed by atoms with Gasteiger partial charge in [0.1, 0.15) is 11.4 Å². The van der Waals surface area contributed by atoms with Crippen LogP contribution >= 0.6 is 0 Å². The van der Waals surface area contributed by atoms with E-state index >= 15 is 0 Å². The van der Waals surface area contributed by atoms with Crippen LogP contribution < -0.4 is 0 Å². The Morgan fingerprint density at radius 2 is 1.71 bits per heavy atom. The third-order valence-electron chi connectivity index (χ3n) is 14.8. The summed E-state index contributed by atoms with van der Waals surface area (Å²) >= 11 is 0. The molecule has 1 aromatic rings. The van der Waals surface area contributed by atoms with Crippen molar-refractivity contribution < 1.29 is 19.7 Å². The predicted molar refractivity (Wildman–Crippen MR) is 179 cm³/mol. The number of ether oxygens (including phenoxy) is 1. The quantitative estimate of drug-likeness (QED) is 0.148. The second-order valence-electron chi connectivity index (χ2n) is 17.7. The average molecular weight is 618 g/mol. The summed E-state index contributed by atoms with van der Waals surface area (Å²) < 4.78 is 6.06. The largest absolute Gasteiger partial charge is 0.506 e. The zero-order valence-corrected chi connectivity index (χ0v) is 28.6. The van der Waals surface area contributed by atoms with Gasteiger partial charge in [-0.1, -0.05) is 66.2 Å². The Morgan fingerprint density at radius 3 is 2.44 bits per heavy atom. The van der Waals surface area contributed by atoms with Gasteiger partial charge in [-0.3, -0.25) is 0 Å². The van der Waals surface area contributed by atoms with Gasteiger partial charge in [0.25, 0.3) is 0 Å². The molecule has 0 bridgehead atoms. The number of aromatic hydroxyl groups is 1. The molecule has 0 aliphatic heterocycles. The van der Waals surface area contributed by atoms with E-state index in [0.29, 0.717) is 29.9 Å². The van der Waals surface area contributed by atoms with Crippen molar-refractivity contribution in [1.82, 2.24) is 0 Å². The molecule has 0 radical (unpaired) electrons. The monoisotopic (exact) mass is 617 g/mol. The zero-order chi connectivity index (χ0) is 32.6. The molecule has 8 unspecified atom stereocenters. The first-order valence-electron chi connectivity index (χ1n) is 17.4. The molecule has 8 atom stereocenters. The first-order valence-corrected chi connectivity index (χ1v) is 17.4. The number of hydrogen-bond acceptors (Lipinski definition) is 6. The number of nitrogens with zero attached hydrogens (tertiary/aromatic N) is 1. The second kappa shape index (κ2) is 10.8. The maximum absolute atomic E-state index is 13.0. The molecule has 6 nitrogen and oxygen atoms in total. The molecule has 6 rings (SSSR count). The number of phenols is 1. The van der Waals surface area contributed by atoms with Crippen LogP contribution in [0.2, 0.25) is 0 Å². The van der Waals surface area contributed by atoms with Gasteiger partial charge in [-0.05, 0) is 138 Å². The summed E-state index contributed by atoms with van der Waals surface area (Å²) in [5.74, 6) is 0.972. The highest BCUT2D eigenvalue weighted by Crippen LogP contribution is 2.75. The number of hydrogen-bond donors (Lipinski definition) is 2. The van der Waals surface area contributed by atoms with Crippen LogP contribution in [0.3, 0.4) is 0 Å². The van der Waals surface area contributed by atoms with Crippen molar-refractivity contribution in [2.24, 2.45) is 55.4 Å². The number of benzene rings is 1. The van der Waals surface area contributed by atoms with E-state index in [1.54, 1.807) is 17.7 Å². The van der Waals surface area contributed by atoms with Crippen LogP contribution in [0, 0.1) is 55.2 Å². The molecule has 0 saturated heterocycles. The normalized spacial score (nSPS) is 41.6. The van der Waals surface area contributed by atoms with E-state index in [-0.39, 0.29) is 56.0 Å². The first kappa shape index (κ1) is 32.5. The number of esters is 1. The van der Waals surface area contributed by atoms with Crippen molar-refractivity contribution in [3.63, 3.8) is 0 Å². The van der Waals surface area contributed by atoms with E-state index in [0.717, 1.165) is 51.4 Å². The molecule has 5 aliphatic carbocycles. The van der Waals surface area contributed by atoms with E-state index in [4.69, 9.17) is 4.74 Å². The van der Waals surface area contributed by atoms with Gasteiger partial charge in [0.2, 0.25) is 0 Å². The Bertz CT molecular complexity index is 1430. The fraction of sp³-hybridized carbons (Fsp3) is 0.718. The van der Waals surface area contributed by atoms with Crippen molar-refractivity contribution in [1.29, 1.82) is 0 Å². The maximum Gasteiger partial charge on any atom is 0.330 e. The minimum atomic E-state index is -0.382. The Hall–Kier alpha value is -2.47. The summed E-state index contributed by atoms with van der Waals surface area (Å²) in [5, 5.41) is 23.6. The van der Waals surface area contributed by atoms with Crippen molar-refractivity contribution in [2.75, 3.05) is 6.61 Å². The molecular weight excluding hydrogens is 562 g/mol. The van der Waals surface area contributed by atoms with Gasteiger partial charge in [0, 0.05) is 11.5 Å². The number of fused-ring (bicyclic) bond motifs is 7. The van der Waals surface area contributed by atoms with Crippen LogP contribution in [0.25, 0.3) is 6.08 Å². The molecule has 0 amide bonds. The van der Waals surface area contributed by atoms with E-state index in [1.807, 2.05) is 0 Å². The summed E-state index contributed by atoms with van der Waals surface area (Å²) in [4.78, 5) is 24.0. The van der Waals surface area contributed by atoms with Crippen LogP contribution in [0.5, 0.6) is 5.75 Å². The molecule has 0 heterocycles. The number of allylic oxidation sites excluding steroid dienone is 2. The van der Waals surface area contributed by atoms with E-state index < -0.39 is 0 Å². The maximum atomic E-state index is 13.0. The number of carbonyl (C=O) groups is 1. The minimum Gasteiger partial charge on any atom is -0.506 e. The summed E-state index contributed by atoms with van der Waals surface area (Å²) in [6.07, 6.45) is 16.5. The lowest BCUT2D eigenvalue weighted by Crippen LogP contribution is -2.64. The fourth-order valence-corrected chi connectivity index (χ4v) is 11.7. The lowest BCUT2D eigenvalue weighted by molar-refractivity contribution is -0.205. The molecule has 2 N–H and O–H groups in total. The molecule has 0 spiro atoms. The van der Waals surface area contributed by atoms with Crippen molar-refractivity contribution in [2.45, 2.75) is 119 Å². The predicted octanol–water partition coefficient (Wildman–Crippen LogP) is 9.51. The topological polar surface area (TPSA) is 96.2 Å². The third-order valence-corrected chi connectivity index (χ3v) is 14.8.